The Kier molecular flexibility index (Phi) is 4.27. The van der Waals surface area contributed by atoms with Gasteiger partial charge in [0.15, 0.2) is 5.82 Å². The molecule has 0 aliphatic heterocycles. The summed E-state index contributed by atoms with van der Waals surface area (Å²) in [6, 6.07) is 4.24. The summed E-state index contributed by atoms with van der Waals surface area (Å²) in [6.07, 6.45) is 5.67. The average molecular weight is 333 g/mol. The molecule has 6 heteroatoms. The van der Waals surface area contributed by atoms with Crippen molar-refractivity contribution in [3.8, 4) is 0 Å². The molecule has 0 unspecified atom stereocenters. The van der Waals surface area contributed by atoms with Crippen LogP contribution < -0.4 is 5.32 Å². The van der Waals surface area contributed by atoms with Crippen molar-refractivity contribution in [2.75, 3.05) is 0 Å². The number of nitrogens with zero attached hydrogens (tertiary/aromatic N) is 2. The first-order valence-electron chi connectivity index (χ1n) is 8.11. The maximum atomic E-state index is 11.4. The largest absolute Gasteiger partial charge is 0.344 e. The Morgan fingerprint density at radius 3 is 2.70 bits per heavy atom. The van der Waals surface area contributed by atoms with Crippen LogP contribution in [0, 0.1) is 0 Å². The van der Waals surface area contributed by atoms with Gasteiger partial charge >= 0.3 is 0 Å². The average Bonchev–Trinajstić information content (AvgIpc) is 3.19. The smallest absolute Gasteiger partial charge is 0.238 e. The third kappa shape index (κ3) is 3.04. The molecule has 1 fully saturated rings. The van der Waals surface area contributed by atoms with E-state index in [9.17, 15) is 4.79 Å². The van der Waals surface area contributed by atoms with E-state index in [4.69, 9.17) is 9.51 Å². The Labute approximate surface area is 140 Å². The topological polar surface area (TPSA) is 68.0 Å². The van der Waals surface area contributed by atoms with Gasteiger partial charge in [-0.15, -0.1) is 11.3 Å². The number of nitrogens with one attached hydrogen (secondary N) is 1. The van der Waals surface area contributed by atoms with Gasteiger partial charge in [-0.1, -0.05) is 30.5 Å². The van der Waals surface area contributed by atoms with Crippen LogP contribution in [0.5, 0.6) is 0 Å². The minimum atomic E-state index is -0.640. The van der Waals surface area contributed by atoms with E-state index >= 15 is 0 Å². The van der Waals surface area contributed by atoms with Crippen molar-refractivity contribution in [3.63, 3.8) is 0 Å². The molecule has 2 aromatic heterocycles. The quantitative estimate of drug-likeness (QED) is 0.925. The van der Waals surface area contributed by atoms with Crippen molar-refractivity contribution in [1.29, 1.82) is 0 Å². The summed E-state index contributed by atoms with van der Waals surface area (Å²) < 4.78 is 5.69. The number of hydrogen-bond donors (Lipinski definition) is 1. The molecule has 1 saturated carbocycles. The lowest BCUT2D eigenvalue weighted by Gasteiger charge is -2.33. The summed E-state index contributed by atoms with van der Waals surface area (Å²) in [5.74, 6) is 1.12. The highest BCUT2D eigenvalue weighted by Crippen LogP contribution is 2.46. The molecule has 23 heavy (non-hydrogen) atoms. The second kappa shape index (κ2) is 6.07. The summed E-state index contributed by atoms with van der Waals surface area (Å²) in [4.78, 5) is 17.4. The van der Waals surface area contributed by atoms with E-state index < -0.39 is 5.54 Å². The van der Waals surface area contributed by atoms with E-state index in [1.807, 2.05) is 13.8 Å². The molecule has 1 aliphatic rings. The highest BCUT2D eigenvalue weighted by Gasteiger charge is 2.42. The number of amides is 1. The summed E-state index contributed by atoms with van der Waals surface area (Å²) >= 11 is 1.75. The van der Waals surface area contributed by atoms with Crippen LogP contribution in [-0.2, 0) is 15.7 Å². The van der Waals surface area contributed by atoms with Gasteiger partial charge in [0.2, 0.25) is 11.8 Å². The Morgan fingerprint density at radius 2 is 2.09 bits per heavy atom. The van der Waals surface area contributed by atoms with Gasteiger partial charge in [-0.2, -0.15) is 4.98 Å². The first-order chi connectivity index (χ1) is 10.9. The highest BCUT2D eigenvalue weighted by atomic mass is 32.1. The summed E-state index contributed by atoms with van der Waals surface area (Å²) in [5.41, 5.74) is -0.803. The molecule has 2 heterocycles. The van der Waals surface area contributed by atoms with Gasteiger partial charge in [0.05, 0.1) is 11.0 Å². The van der Waals surface area contributed by atoms with E-state index in [0.717, 1.165) is 12.8 Å². The van der Waals surface area contributed by atoms with Gasteiger partial charge in [0.1, 0.15) is 0 Å². The number of aromatic nitrogens is 2. The van der Waals surface area contributed by atoms with Crippen LogP contribution in [0.1, 0.15) is 69.5 Å². The number of thiophene rings is 1. The molecule has 1 N–H and O–H groups in total. The number of carbonyl (C=O) groups excluding carboxylic acids is 1. The number of rotatable bonds is 4. The van der Waals surface area contributed by atoms with Crippen LogP contribution in [0.15, 0.2) is 22.0 Å². The summed E-state index contributed by atoms with van der Waals surface area (Å²) in [6.45, 7) is 5.28. The van der Waals surface area contributed by atoms with E-state index in [-0.39, 0.29) is 11.3 Å². The van der Waals surface area contributed by atoms with Crippen molar-refractivity contribution in [2.24, 2.45) is 0 Å². The molecular formula is C17H23N3O2S. The molecule has 0 spiro atoms. The Bertz CT molecular complexity index is 670. The van der Waals surface area contributed by atoms with Crippen LogP contribution in [0.4, 0.5) is 0 Å². The van der Waals surface area contributed by atoms with Gasteiger partial charge in [-0.3, -0.25) is 4.79 Å². The SMILES string of the molecule is CC(=O)NC(C)(C)c1noc(C2(c3cccs3)CCCCC2)n1. The molecule has 124 valence electrons. The van der Waals surface area contributed by atoms with Gasteiger partial charge in [0, 0.05) is 11.8 Å². The van der Waals surface area contributed by atoms with Gasteiger partial charge in [0.25, 0.3) is 0 Å². The zero-order chi connectivity index (χ0) is 16.5. The zero-order valence-electron chi connectivity index (χ0n) is 13.9. The monoisotopic (exact) mass is 333 g/mol. The molecule has 0 aromatic carbocycles. The van der Waals surface area contributed by atoms with E-state index in [1.54, 1.807) is 11.3 Å². The molecule has 1 aliphatic carbocycles. The van der Waals surface area contributed by atoms with Crippen LogP contribution in [0.2, 0.25) is 0 Å². The molecule has 0 atom stereocenters. The third-order valence-electron chi connectivity index (χ3n) is 4.58. The fourth-order valence-corrected chi connectivity index (χ4v) is 4.42. The van der Waals surface area contributed by atoms with Crippen LogP contribution in [0.25, 0.3) is 0 Å². The maximum Gasteiger partial charge on any atom is 0.238 e. The normalized spacial score (nSPS) is 17.9. The van der Waals surface area contributed by atoms with E-state index in [1.165, 1.54) is 31.1 Å². The number of carbonyl (C=O) groups is 1. The molecule has 0 saturated heterocycles. The number of hydrogen-bond acceptors (Lipinski definition) is 5. The molecular weight excluding hydrogens is 310 g/mol. The van der Waals surface area contributed by atoms with E-state index in [0.29, 0.717) is 11.7 Å². The predicted molar refractivity (Wildman–Crippen MR) is 89.3 cm³/mol. The lowest BCUT2D eigenvalue weighted by Crippen LogP contribution is -2.40. The van der Waals surface area contributed by atoms with Gasteiger partial charge < -0.3 is 9.84 Å². The summed E-state index contributed by atoms with van der Waals surface area (Å²) in [5, 5.41) is 9.15. The van der Waals surface area contributed by atoms with Crippen molar-refractivity contribution in [2.45, 2.75) is 63.8 Å². The second-order valence-corrected chi connectivity index (χ2v) is 7.80. The van der Waals surface area contributed by atoms with Crippen molar-refractivity contribution in [3.05, 3.63) is 34.1 Å². The van der Waals surface area contributed by atoms with Crippen molar-refractivity contribution in [1.82, 2.24) is 15.5 Å². The molecule has 5 nitrogen and oxygen atoms in total. The van der Waals surface area contributed by atoms with Gasteiger partial charge in [-0.05, 0) is 38.1 Å². The Balaban J connectivity index is 1.98. The summed E-state index contributed by atoms with van der Waals surface area (Å²) in [7, 11) is 0. The van der Waals surface area contributed by atoms with Crippen LogP contribution in [-0.4, -0.2) is 16.0 Å². The van der Waals surface area contributed by atoms with Crippen molar-refractivity contribution < 1.29 is 9.32 Å². The minimum Gasteiger partial charge on any atom is -0.344 e. The van der Waals surface area contributed by atoms with Crippen LogP contribution >= 0.6 is 11.3 Å². The molecule has 0 radical (unpaired) electrons. The lowest BCUT2D eigenvalue weighted by atomic mass is 9.73. The molecule has 0 bridgehead atoms. The maximum absolute atomic E-state index is 11.4. The third-order valence-corrected chi connectivity index (χ3v) is 5.66. The van der Waals surface area contributed by atoms with Gasteiger partial charge in [-0.25, -0.2) is 0 Å². The standard InChI is InChI=1S/C17H23N3O2S/c1-12(21)19-16(2,3)14-18-15(22-20-14)17(9-5-4-6-10-17)13-8-7-11-23-13/h7-8,11H,4-6,9-10H2,1-3H3,(H,19,21). The predicted octanol–water partition coefficient (Wildman–Crippen LogP) is 3.75. The second-order valence-electron chi connectivity index (χ2n) is 6.85. The van der Waals surface area contributed by atoms with E-state index in [2.05, 4.69) is 28.0 Å². The molecule has 2 aromatic rings. The molecule has 3 rings (SSSR count). The Hall–Kier alpha value is -1.69. The van der Waals surface area contributed by atoms with Crippen molar-refractivity contribution >= 4 is 17.2 Å². The first-order valence-corrected chi connectivity index (χ1v) is 8.99. The lowest BCUT2D eigenvalue weighted by molar-refractivity contribution is -0.120. The van der Waals surface area contributed by atoms with Crippen LogP contribution in [0.3, 0.4) is 0 Å². The minimum absolute atomic E-state index is 0.105. The zero-order valence-corrected chi connectivity index (χ0v) is 14.7. The first kappa shape index (κ1) is 16.2. The fourth-order valence-electron chi connectivity index (χ4n) is 3.44. The highest BCUT2D eigenvalue weighted by molar-refractivity contribution is 7.10. The molecule has 1 amide bonds. The fraction of sp³-hybridized carbons (Fsp3) is 0.588. The Morgan fingerprint density at radius 1 is 1.35 bits per heavy atom.